The van der Waals surface area contributed by atoms with E-state index in [1.807, 2.05) is 0 Å². The second-order valence-corrected chi connectivity index (χ2v) is 2.82. The molecule has 1 fully saturated rings. The maximum Gasteiger partial charge on any atom is 0.351 e. The van der Waals surface area contributed by atoms with Gasteiger partial charge in [-0.2, -0.15) is 0 Å². The molecule has 0 bridgehead atoms. The van der Waals surface area contributed by atoms with E-state index in [1.165, 1.54) is 6.42 Å². The Kier molecular flexibility index (Phi) is 1.01. The van der Waals surface area contributed by atoms with Crippen molar-refractivity contribution in [2.45, 2.75) is 12.8 Å². The first-order chi connectivity index (χ1) is 4.79. The number of hydrogen-bond donors (Lipinski definition) is 2. The van der Waals surface area contributed by atoms with Gasteiger partial charge in [0.05, 0.1) is 0 Å². The normalized spacial score (nSPS) is 29.0. The van der Waals surface area contributed by atoms with E-state index in [1.54, 1.807) is 0 Å². The maximum absolute atomic E-state index is 10.5. The molecule has 0 spiro atoms. The number of carbonyl (C=O) groups is 1. The molecule has 1 aliphatic heterocycles. The van der Waals surface area contributed by atoms with Crippen LogP contribution in [0.25, 0.3) is 0 Å². The van der Waals surface area contributed by atoms with Crippen molar-refractivity contribution in [2.24, 2.45) is 5.92 Å². The molecular formula is C7H9NO2. The van der Waals surface area contributed by atoms with Crippen LogP contribution in [0.2, 0.25) is 0 Å². The van der Waals surface area contributed by atoms with E-state index in [4.69, 9.17) is 5.11 Å². The molecular weight excluding hydrogens is 130 g/mol. The first kappa shape index (κ1) is 5.77. The molecule has 0 aromatic rings. The zero-order valence-corrected chi connectivity index (χ0v) is 5.55. The van der Waals surface area contributed by atoms with Gasteiger partial charge in [-0.15, -0.1) is 0 Å². The number of carboxylic acids is 1. The molecule has 3 nitrogen and oxygen atoms in total. The molecule has 2 aliphatic rings. The van der Waals surface area contributed by atoms with Crippen molar-refractivity contribution in [1.29, 1.82) is 0 Å². The topological polar surface area (TPSA) is 49.3 Å². The van der Waals surface area contributed by atoms with E-state index in [0.717, 1.165) is 18.5 Å². The first-order valence-corrected chi connectivity index (χ1v) is 3.49. The third-order valence-electron chi connectivity index (χ3n) is 2.32. The van der Waals surface area contributed by atoms with Crippen LogP contribution in [0.15, 0.2) is 11.3 Å². The minimum absolute atomic E-state index is 0.469. The minimum atomic E-state index is -0.794. The Bertz CT molecular complexity index is 220. The lowest BCUT2D eigenvalue weighted by molar-refractivity contribution is -0.133. The van der Waals surface area contributed by atoms with Gasteiger partial charge in [-0.25, -0.2) is 4.79 Å². The summed E-state index contributed by atoms with van der Waals surface area (Å²) in [7, 11) is 0. The van der Waals surface area contributed by atoms with E-state index in [-0.39, 0.29) is 0 Å². The SMILES string of the molecule is O=C(O)C1=C2CCC2CN1. The molecule has 0 aromatic carbocycles. The molecule has 2 N–H and O–H groups in total. The molecule has 0 radical (unpaired) electrons. The van der Waals surface area contributed by atoms with Crippen LogP contribution in [0.4, 0.5) is 0 Å². The van der Waals surface area contributed by atoms with Crippen LogP contribution in [-0.2, 0) is 4.79 Å². The van der Waals surface area contributed by atoms with Gasteiger partial charge in [0.15, 0.2) is 0 Å². The van der Waals surface area contributed by atoms with Crippen LogP contribution in [0, 0.1) is 5.92 Å². The number of aliphatic carboxylic acids is 1. The van der Waals surface area contributed by atoms with Crippen molar-refractivity contribution in [3.63, 3.8) is 0 Å². The highest BCUT2D eigenvalue weighted by molar-refractivity contribution is 5.88. The Morgan fingerprint density at radius 2 is 2.50 bits per heavy atom. The van der Waals surface area contributed by atoms with Crippen LogP contribution in [0.5, 0.6) is 0 Å². The molecule has 1 aliphatic carbocycles. The summed E-state index contributed by atoms with van der Waals surface area (Å²) in [6.07, 6.45) is 2.15. The van der Waals surface area contributed by atoms with Gasteiger partial charge in [0, 0.05) is 6.54 Å². The first-order valence-electron chi connectivity index (χ1n) is 3.49. The van der Waals surface area contributed by atoms with Crippen LogP contribution in [0.1, 0.15) is 12.8 Å². The van der Waals surface area contributed by atoms with Gasteiger partial charge in [-0.05, 0) is 24.3 Å². The van der Waals surface area contributed by atoms with Crippen molar-refractivity contribution >= 4 is 5.97 Å². The molecule has 0 saturated heterocycles. The number of fused-ring (bicyclic) bond motifs is 1. The second kappa shape index (κ2) is 1.75. The van der Waals surface area contributed by atoms with Crippen molar-refractivity contribution in [2.75, 3.05) is 6.54 Å². The van der Waals surface area contributed by atoms with Crippen LogP contribution in [-0.4, -0.2) is 17.6 Å². The van der Waals surface area contributed by atoms with E-state index in [9.17, 15) is 4.79 Å². The number of nitrogens with one attached hydrogen (secondary N) is 1. The molecule has 1 unspecified atom stereocenters. The molecule has 10 heavy (non-hydrogen) atoms. The van der Waals surface area contributed by atoms with Crippen molar-refractivity contribution in [3.05, 3.63) is 11.3 Å². The molecule has 54 valence electrons. The highest BCUT2D eigenvalue weighted by Gasteiger charge is 2.34. The fourth-order valence-electron chi connectivity index (χ4n) is 1.60. The van der Waals surface area contributed by atoms with Crippen LogP contribution >= 0.6 is 0 Å². The highest BCUT2D eigenvalue weighted by atomic mass is 16.4. The van der Waals surface area contributed by atoms with E-state index in [2.05, 4.69) is 5.32 Å². The fourth-order valence-corrected chi connectivity index (χ4v) is 1.60. The fraction of sp³-hybridized carbons (Fsp3) is 0.571. The summed E-state index contributed by atoms with van der Waals surface area (Å²) in [5.74, 6) is -0.247. The smallest absolute Gasteiger partial charge is 0.351 e. The molecule has 1 saturated carbocycles. The van der Waals surface area contributed by atoms with Crippen molar-refractivity contribution in [3.8, 4) is 0 Å². The number of rotatable bonds is 1. The molecule has 1 heterocycles. The summed E-state index contributed by atoms with van der Waals surface area (Å²) in [6.45, 7) is 0.844. The Labute approximate surface area is 58.7 Å². The third-order valence-corrected chi connectivity index (χ3v) is 2.32. The average Bonchev–Trinajstić information content (AvgIpc) is 2.07. The second-order valence-electron chi connectivity index (χ2n) is 2.82. The third kappa shape index (κ3) is 0.574. The summed E-state index contributed by atoms with van der Waals surface area (Å²) in [5, 5.41) is 11.5. The Morgan fingerprint density at radius 3 is 2.80 bits per heavy atom. The maximum atomic E-state index is 10.5. The van der Waals surface area contributed by atoms with Gasteiger partial charge < -0.3 is 10.4 Å². The van der Waals surface area contributed by atoms with Gasteiger partial charge in [0.25, 0.3) is 0 Å². The lowest BCUT2D eigenvalue weighted by Crippen LogP contribution is -2.17. The van der Waals surface area contributed by atoms with Gasteiger partial charge in [-0.1, -0.05) is 0 Å². The lowest BCUT2D eigenvalue weighted by atomic mass is 9.81. The van der Waals surface area contributed by atoms with E-state index >= 15 is 0 Å². The predicted molar refractivity (Wildman–Crippen MR) is 35.4 cm³/mol. The highest BCUT2D eigenvalue weighted by Crippen LogP contribution is 2.38. The summed E-state index contributed by atoms with van der Waals surface area (Å²) in [5.41, 5.74) is 1.60. The van der Waals surface area contributed by atoms with Crippen LogP contribution < -0.4 is 5.32 Å². The zero-order chi connectivity index (χ0) is 7.14. The van der Waals surface area contributed by atoms with Crippen molar-refractivity contribution < 1.29 is 9.90 Å². The average molecular weight is 139 g/mol. The van der Waals surface area contributed by atoms with Gasteiger partial charge >= 0.3 is 5.97 Å². The quantitative estimate of drug-likeness (QED) is 0.550. The Hall–Kier alpha value is -0.990. The summed E-state index contributed by atoms with van der Waals surface area (Å²) in [4.78, 5) is 10.5. The number of hydrogen-bond acceptors (Lipinski definition) is 2. The number of carboxylic acid groups (broad SMARTS) is 1. The monoisotopic (exact) mass is 139 g/mol. The largest absolute Gasteiger partial charge is 0.477 e. The van der Waals surface area contributed by atoms with Gasteiger partial charge in [0.2, 0.25) is 0 Å². The predicted octanol–water partition coefficient (Wildman–Crippen LogP) is 0.338. The summed E-state index contributed by atoms with van der Waals surface area (Å²) < 4.78 is 0. The molecule has 0 aromatic heterocycles. The van der Waals surface area contributed by atoms with E-state index < -0.39 is 5.97 Å². The summed E-state index contributed by atoms with van der Waals surface area (Å²) in [6, 6.07) is 0. The zero-order valence-electron chi connectivity index (χ0n) is 5.55. The molecule has 3 heteroatoms. The van der Waals surface area contributed by atoms with Gasteiger partial charge in [-0.3, -0.25) is 0 Å². The molecule has 2 rings (SSSR count). The Balaban J connectivity index is 2.28. The van der Waals surface area contributed by atoms with Crippen molar-refractivity contribution in [1.82, 2.24) is 5.32 Å². The van der Waals surface area contributed by atoms with Crippen LogP contribution in [0.3, 0.4) is 0 Å². The van der Waals surface area contributed by atoms with Gasteiger partial charge in [0.1, 0.15) is 5.70 Å². The van der Waals surface area contributed by atoms with E-state index in [0.29, 0.717) is 11.6 Å². The summed E-state index contributed by atoms with van der Waals surface area (Å²) >= 11 is 0. The molecule has 1 atom stereocenters. The Morgan fingerprint density at radius 1 is 1.70 bits per heavy atom. The standard InChI is InChI=1S/C7H9NO2/c9-7(10)6-5-2-1-4(5)3-8-6/h4,8H,1-3H2,(H,9,10). The molecule has 0 amide bonds. The minimum Gasteiger partial charge on any atom is -0.477 e. The lowest BCUT2D eigenvalue weighted by Gasteiger charge is -2.22.